The third-order valence-electron chi connectivity index (χ3n) is 3.66. The van der Waals surface area contributed by atoms with Crippen molar-refractivity contribution in [2.24, 2.45) is 0 Å². The molecule has 1 unspecified atom stereocenters. The quantitative estimate of drug-likeness (QED) is 0.719. The summed E-state index contributed by atoms with van der Waals surface area (Å²) in [6, 6.07) is 6.14. The van der Waals surface area contributed by atoms with Gasteiger partial charge in [-0.05, 0) is 59.0 Å². The molecule has 1 aromatic carbocycles. The molecule has 1 saturated heterocycles. The van der Waals surface area contributed by atoms with Gasteiger partial charge >= 0.3 is 6.09 Å². The molecule has 0 aliphatic carbocycles. The van der Waals surface area contributed by atoms with Gasteiger partial charge in [-0.1, -0.05) is 26.0 Å². The van der Waals surface area contributed by atoms with Gasteiger partial charge in [-0.25, -0.2) is 4.79 Å². The van der Waals surface area contributed by atoms with Crippen molar-refractivity contribution < 1.29 is 9.53 Å². The summed E-state index contributed by atoms with van der Waals surface area (Å²) < 4.78 is 7.01. The second-order valence-electron chi connectivity index (χ2n) is 4.83. The number of benzene rings is 1. The molecule has 1 amide bonds. The summed E-state index contributed by atoms with van der Waals surface area (Å²) in [5, 5.41) is 0. The van der Waals surface area contributed by atoms with Gasteiger partial charge in [-0.15, -0.1) is 0 Å². The molecule has 102 valence electrons. The van der Waals surface area contributed by atoms with Crippen LogP contribution < -0.4 is 4.90 Å². The van der Waals surface area contributed by atoms with Gasteiger partial charge in [0.2, 0.25) is 0 Å². The fourth-order valence-corrected chi connectivity index (χ4v) is 2.67. The largest absolute Gasteiger partial charge is 0.419 e. The first-order valence-electron chi connectivity index (χ1n) is 6.46. The van der Waals surface area contributed by atoms with Crippen molar-refractivity contribution in [3.05, 3.63) is 39.2 Å². The maximum atomic E-state index is 11.9. The molecule has 0 saturated carbocycles. The Kier molecular flexibility index (Phi) is 4.50. The fourth-order valence-electron chi connectivity index (χ4n) is 2.35. The Hall–Kier alpha value is -1.04. The van der Waals surface area contributed by atoms with Gasteiger partial charge < -0.3 is 4.74 Å². The molecule has 0 N–H and O–H groups in total. The molecule has 1 aromatic rings. The van der Waals surface area contributed by atoms with E-state index in [-0.39, 0.29) is 6.09 Å². The van der Waals surface area contributed by atoms with E-state index in [4.69, 9.17) is 4.74 Å². The number of carbonyl (C=O) groups excluding carboxylic acids is 1. The molecule has 1 heterocycles. The average molecular weight is 371 g/mol. The molecule has 1 aliphatic heterocycles. The van der Waals surface area contributed by atoms with Gasteiger partial charge in [0, 0.05) is 4.08 Å². The highest BCUT2D eigenvalue weighted by Crippen LogP contribution is 2.32. The molecule has 0 aromatic heterocycles. The minimum absolute atomic E-state index is 0.285. The standard InChI is InChI=1S/C15H18INO2/c1-4-10(2)13-6-5-7-14(11(13)3)17-9-12(8-16)19-15(17)18/h5-8,10H,4,9H2,1-3H3/b12-8+. The summed E-state index contributed by atoms with van der Waals surface area (Å²) in [7, 11) is 0. The molecule has 0 bridgehead atoms. The minimum Gasteiger partial charge on any atom is -0.412 e. The third-order valence-corrected chi connectivity index (χ3v) is 4.35. The van der Waals surface area contributed by atoms with Crippen LogP contribution in [-0.4, -0.2) is 12.6 Å². The Balaban J connectivity index is 2.39. The van der Waals surface area contributed by atoms with E-state index in [0.29, 0.717) is 18.2 Å². The Morgan fingerprint density at radius 1 is 1.53 bits per heavy atom. The Morgan fingerprint density at radius 2 is 2.26 bits per heavy atom. The topological polar surface area (TPSA) is 29.5 Å². The van der Waals surface area contributed by atoms with E-state index >= 15 is 0 Å². The first kappa shape index (κ1) is 14.4. The fraction of sp³-hybridized carbons (Fsp3) is 0.400. The summed E-state index contributed by atoms with van der Waals surface area (Å²) in [6.45, 7) is 6.99. The predicted molar refractivity (Wildman–Crippen MR) is 85.8 cm³/mol. The first-order chi connectivity index (χ1) is 9.08. The van der Waals surface area contributed by atoms with Crippen LogP contribution in [0.15, 0.2) is 28.0 Å². The normalized spacial score (nSPS) is 18.8. The molecule has 1 atom stereocenters. The molecule has 2 rings (SSSR count). The van der Waals surface area contributed by atoms with Gasteiger partial charge in [0.25, 0.3) is 0 Å². The van der Waals surface area contributed by atoms with Crippen LogP contribution in [0.25, 0.3) is 0 Å². The van der Waals surface area contributed by atoms with Crippen LogP contribution in [0.5, 0.6) is 0 Å². The maximum absolute atomic E-state index is 11.9. The SMILES string of the molecule is CCC(C)c1cccc(N2C/C(=C\I)OC2=O)c1C. The monoisotopic (exact) mass is 371 g/mol. The van der Waals surface area contributed by atoms with Gasteiger partial charge in [0.1, 0.15) is 5.76 Å². The van der Waals surface area contributed by atoms with Gasteiger partial charge in [-0.2, -0.15) is 0 Å². The first-order valence-corrected chi connectivity index (χ1v) is 7.71. The van der Waals surface area contributed by atoms with E-state index in [1.807, 2.05) is 16.2 Å². The van der Waals surface area contributed by atoms with E-state index < -0.39 is 0 Å². The predicted octanol–water partition coefficient (Wildman–Crippen LogP) is 4.74. The zero-order valence-corrected chi connectivity index (χ0v) is 13.6. The second kappa shape index (κ2) is 5.94. The Morgan fingerprint density at radius 3 is 2.84 bits per heavy atom. The van der Waals surface area contributed by atoms with Crippen LogP contribution >= 0.6 is 22.6 Å². The zero-order valence-electron chi connectivity index (χ0n) is 11.4. The van der Waals surface area contributed by atoms with Crippen LogP contribution in [-0.2, 0) is 4.74 Å². The molecule has 0 spiro atoms. The van der Waals surface area contributed by atoms with Crippen molar-refractivity contribution in [1.29, 1.82) is 0 Å². The minimum atomic E-state index is -0.285. The van der Waals surface area contributed by atoms with Crippen molar-refractivity contribution in [1.82, 2.24) is 0 Å². The number of nitrogens with zero attached hydrogens (tertiary/aromatic N) is 1. The molecule has 19 heavy (non-hydrogen) atoms. The smallest absolute Gasteiger partial charge is 0.412 e. The van der Waals surface area contributed by atoms with E-state index in [0.717, 1.165) is 12.1 Å². The Labute approximate surface area is 127 Å². The van der Waals surface area contributed by atoms with E-state index in [9.17, 15) is 4.79 Å². The lowest BCUT2D eigenvalue weighted by Gasteiger charge is -2.20. The summed E-state index contributed by atoms with van der Waals surface area (Å²) in [5.41, 5.74) is 3.43. The number of ether oxygens (including phenoxy) is 1. The highest BCUT2D eigenvalue weighted by molar-refractivity contribution is 14.1. The Bertz CT molecular complexity index is 525. The molecular weight excluding hydrogens is 353 g/mol. The number of amides is 1. The summed E-state index contributed by atoms with van der Waals surface area (Å²) in [6.07, 6.45) is 0.806. The number of cyclic esters (lactones) is 1. The van der Waals surface area contributed by atoms with Crippen LogP contribution in [0, 0.1) is 6.92 Å². The lowest BCUT2D eigenvalue weighted by Crippen LogP contribution is -2.24. The number of hydrogen-bond acceptors (Lipinski definition) is 2. The lowest BCUT2D eigenvalue weighted by atomic mass is 9.93. The van der Waals surface area contributed by atoms with Crippen molar-refractivity contribution >= 4 is 34.4 Å². The molecular formula is C15H18INO2. The van der Waals surface area contributed by atoms with Gasteiger partial charge in [-0.3, -0.25) is 4.90 Å². The van der Waals surface area contributed by atoms with Crippen LogP contribution in [0.1, 0.15) is 37.3 Å². The van der Waals surface area contributed by atoms with Crippen molar-refractivity contribution in [3.63, 3.8) is 0 Å². The molecule has 0 radical (unpaired) electrons. The van der Waals surface area contributed by atoms with Crippen molar-refractivity contribution in [3.8, 4) is 0 Å². The van der Waals surface area contributed by atoms with Gasteiger partial charge in [0.15, 0.2) is 0 Å². The van der Waals surface area contributed by atoms with Gasteiger partial charge in [0.05, 0.1) is 12.2 Å². The highest BCUT2D eigenvalue weighted by atomic mass is 127. The molecule has 1 aliphatic rings. The average Bonchev–Trinajstić information content (AvgIpc) is 2.79. The maximum Gasteiger partial charge on any atom is 0.419 e. The van der Waals surface area contributed by atoms with Crippen LogP contribution in [0.4, 0.5) is 10.5 Å². The second-order valence-corrected chi connectivity index (χ2v) is 5.45. The number of anilines is 1. The number of hydrogen-bond donors (Lipinski definition) is 0. The van der Waals surface area contributed by atoms with Crippen LogP contribution in [0.2, 0.25) is 0 Å². The van der Waals surface area contributed by atoms with Crippen LogP contribution in [0.3, 0.4) is 0 Å². The molecule has 1 fully saturated rings. The van der Waals surface area contributed by atoms with Crippen molar-refractivity contribution in [2.75, 3.05) is 11.4 Å². The number of rotatable bonds is 3. The molecule has 4 heteroatoms. The zero-order chi connectivity index (χ0) is 14.0. The summed E-state index contributed by atoms with van der Waals surface area (Å²) in [4.78, 5) is 13.6. The number of halogens is 1. The summed E-state index contributed by atoms with van der Waals surface area (Å²) in [5.74, 6) is 1.21. The van der Waals surface area contributed by atoms with E-state index in [1.54, 1.807) is 4.90 Å². The van der Waals surface area contributed by atoms with E-state index in [1.165, 1.54) is 11.1 Å². The lowest BCUT2D eigenvalue weighted by molar-refractivity contribution is 0.199. The van der Waals surface area contributed by atoms with Crippen molar-refractivity contribution in [2.45, 2.75) is 33.1 Å². The summed E-state index contributed by atoms with van der Waals surface area (Å²) >= 11 is 2.09. The highest BCUT2D eigenvalue weighted by Gasteiger charge is 2.29. The molecule has 3 nitrogen and oxygen atoms in total. The third kappa shape index (κ3) is 2.78. The number of carbonyl (C=O) groups is 1. The van der Waals surface area contributed by atoms with E-state index in [2.05, 4.69) is 49.4 Å².